The molecule has 4 heteroatoms. The molecule has 2 N–H and O–H groups in total. The molecule has 0 saturated carbocycles. The number of likely N-dealkylation sites (tertiary alicyclic amines) is 1. The third kappa shape index (κ3) is 2.67. The summed E-state index contributed by atoms with van der Waals surface area (Å²) in [6.07, 6.45) is 4.37. The SMILES string of the molecule is CCC1CCCCN1C(=O)c1cccc(N)c1OC. The van der Waals surface area contributed by atoms with Crippen LogP contribution in [-0.2, 0) is 0 Å². The Bertz CT molecular complexity index is 459. The molecule has 1 unspecified atom stereocenters. The molecule has 0 radical (unpaired) electrons. The first kappa shape index (κ1) is 13.7. The molecule has 0 spiro atoms. The molecule has 0 bridgehead atoms. The van der Waals surface area contributed by atoms with E-state index in [0.29, 0.717) is 23.0 Å². The van der Waals surface area contributed by atoms with Crippen molar-refractivity contribution in [3.05, 3.63) is 23.8 Å². The average Bonchev–Trinajstić information content (AvgIpc) is 2.46. The number of anilines is 1. The van der Waals surface area contributed by atoms with Crippen LogP contribution in [0.3, 0.4) is 0 Å². The third-order valence-electron chi connectivity index (χ3n) is 3.84. The molecule has 19 heavy (non-hydrogen) atoms. The molecule has 0 aromatic heterocycles. The quantitative estimate of drug-likeness (QED) is 0.852. The second-order valence-corrected chi connectivity index (χ2v) is 4.98. The molecule has 1 atom stereocenters. The number of benzene rings is 1. The highest BCUT2D eigenvalue weighted by molar-refractivity contribution is 5.98. The highest BCUT2D eigenvalue weighted by Gasteiger charge is 2.28. The molecule has 1 saturated heterocycles. The van der Waals surface area contributed by atoms with Gasteiger partial charge in [0.05, 0.1) is 18.4 Å². The summed E-state index contributed by atoms with van der Waals surface area (Å²) in [4.78, 5) is 14.7. The van der Waals surface area contributed by atoms with Gasteiger partial charge in [0.25, 0.3) is 5.91 Å². The van der Waals surface area contributed by atoms with Crippen LogP contribution in [0.1, 0.15) is 43.0 Å². The molecule has 0 aliphatic carbocycles. The lowest BCUT2D eigenvalue weighted by Crippen LogP contribution is -2.43. The number of methoxy groups -OCH3 is 1. The topological polar surface area (TPSA) is 55.6 Å². The summed E-state index contributed by atoms with van der Waals surface area (Å²) in [6.45, 7) is 2.96. The maximum absolute atomic E-state index is 12.7. The fraction of sp³-hybridized carbons (Fsp3) is 0.533. The van der Waals surface area contributed by atoms with Crippen LogP contribution in [0.5, 0.6) is 5.75 Å². The number of carbonyl (C=O) groups excluding carboxylic acids is 1. The lowest BCUT2D eigenvalue weighted by Gasteiger charge is -2.35. The summed E-state index contributed by atoms with van der Waals surface area (Å²) in [6, 6.07) is 5.69. The van der Waals surface area contributed by atoms with E-state index < -0.39 is 0 Å². The van der Waals surface area contributed by atoms with Gasteiger partial charge in [-0.2, -0.15) is 0 Å². The highest BCUT2D eigenvalue weighted by atomic mass is 16.5. The van der Waals surface area contributed by atoms with Crippen LogP contribution >= 0.6 is 0 Å². The van der Waals surface area contributed by atoms with Crippen LogP contribution in [0.2, 0.25) is 0 Å². The van der Waals surface area contributed by atoms with E-state index in [1.807, 2.05) is 4.90 Å². The zero-order valence-electron chi connectivity index (χ0n) is 11.7. The molecule has 4 nitrogen and oxygen atoms in total. The van der Waals surface area contributed by atoms with Crippen molar-refractivity contribution in [3.8, 4) is 5.75 Å². The number of nitrogens with zero attached hydrogens (tertiary/aromatic N) is 1. The van der Waals surface area contributed by atoms with Gasteiger partial charge in [-0.05, 0) is 37.8 Å². The van der Waals surface area contributed by atoms with Gasteiger partial charge in [-0.15, -0.1) is 0 Å². The fourth-order valence-corrected chi connectivity index (χ4v) is 2.80. The van der Waals surface area contributed by atoms with E-state index in [1.165, 1.54) is 6.42 Å². The van der Waals surface area contributed by atoms with E-state index in [0.717, 1.165) is 25.8 Å². The molecule has 1 aromatic carbocycles. The number of hydrogen-bond acceptors (Lipinski definition) is 3. The second kappa shape index (κ2) is 5.95. The van der Waals surface area contributed by atoms with Gasteiger partial charge in [0.1, 0.15) is 0 Å². The van der Waals surface area contributed by atoms with E-state index in [-0.39, 0.29) is 5.91 Å². The van der Waals surface area contributed by atoms with Crippen molar-refractivity contribution >= 4 is 11.6 Å². The number of hydrogen-bond donors (Lipinski definition) is 1. The van der Waals surface area contributed by atoms with Crippen LogP contribution in [0.25, 0.3) is 0 Å². The zero-order chi connectivity index (χ0) is 13.8. The van der Waals surface area contributed by atoms with Crippen LogP contribution in [0.4, 0.5) is 5.69 Å². The van der Waals surface area contributed by atoms with Crippen LogP contribution in [-0.4, -0.2) is 30.5 Å². The second-order valence-electron chi connectivity index (χ2n) is 4.98. The molecule has 1 aliphatic heterocycles. The van der Waals surface area contributed by atoms with Crippen molar-refractivity contribution < 1.29 is 9.53 Å². The molecular weight excluding hydrogens is 240 g/mol. The summed E-state index contributed by atoms with van der Waals surface area (Å²) >= 11 is 0. The van der Waals surface area contributed by atoms with Crippen molar-refractivity contribution in [3.63, 3.8) is 0 Å². The Morgan fingerprint density at radius 2 is 2.26 bits per heavy atom. The molecule has 1 amide bonds. The number of nitrogen functional groups attached to an aromatic ring is 1. The maximum Gasteiger partial charge on any atom is 0.257 e. The number of ether oxygens (including phenoxy) is 1. The maximum atomic E-state index is 12.7. The summed E-state index contributed by atoms with van der Waals surface area (Å²) in [5, 5.41) is 0. The smallest absolute Gasteiger partial charge is 0.257 e. The highest BCUT2D eigenvalue weighted by Crippen LogP contribution is 2.29. The van der Waals surface area contributed by atoms with E-state index in [2.05, 4.69) is 6.92 Å². The Kier molecular flexibility index (Phi) is 4.30. The standard InChI is InChI=1S/C15H22N2O2/c1-3-11-7-4-5-10-17(11)15(18)12-8-6-9-13(16)14(12)19-2/h6,8-9,11H,3-5,7,10,16H2,1-2H3. The summed E-state index contributed by atoms with van der Waals surface area (Å²) in [7, 11) is 1.55. The Morgan fingerprint density at radius 3 is 2.95 bits per heavy atom. The Labute approximate surface area is 114 Å². The Hall–Kier alpha value is -1.71. The molecule has 1 heterocycles. The van der Waals surface area contributed by atoms with Crippen LogP contribution in [0.15, 0.2) is 18.2 Å². The lowest BCUT2D eigenvalue weighted by atomic mass is 9.98. The van der Waals surface area contributed by atoms with Crippen molar-refractivity contribution in [2.24, 2.45) is 0 Å². The number of nitrogens with two attached hydrogens (primary N) is 1. The van der Waals surface area contributed by atoms with Gasteiger partial charge in [-0.25, -0.2) is 0 Å². The van der Waals surface area contributed by atoms with Crippen LogP contribution in [0, 0.1) is 0 Å². The van der Waals surface area contributed by atoms with E-state index in [4.69, 9.17) is 10.5 Å². The Morgan fingerprint density at radius 1 is 1.47 bits per heavy atom. The van der Waals surface area contributed by atoms with Gasteiger partial charge in [0.2, 0.25) is 0 Å². The minimum Gasteiger partial charge on any atom is -0.494 e. The average molecular weight is 262 g/mol. The summed E-state index contributed by atoms with van der Waals surface area (Å²) in [5.74, 6) is 0.531. The van der Waals surface area contributed by atoms with Crippen molar-refractivity contribution in [2.45, 2.75) is 38.6 Å². The fourth-order valence-electron chi connectivity index (χ4n) is 2.80. The van der Waals surface area contributed by atoms with E-state index in [1.54, 1.807) is 25.3 Å². The van der Waals surface area contributed by atoms with Gasteiger partial charge in [-0.1, -0.05) is 13.0 Å². The molecule has 1 fully saturated rings. The van der Waals surface area contributed by atoms with Crippen molar-refractivity contribution in [1.82, 2.24) is 4.90 Å². The van der Waals surface area contributed by atoms with Gasteiger partial charge in [-0.3, -0.25) is 4.79 Å². The van der Waals surface area contributed by atoms with E-state index in [9.17, 15) is 4.79 Å². The largest absolute Gasteiger partial charge is 0.494 e. The molecular formula is C15H22N2O2. The van der Waals surface area contributed by atoms with Gasteiger partial charge in [0, 0.05) is 12.6 Å². The number of carbonyl (C=O) groups is 1. The number of amides is 1. The number of para-hydroxylation sites is 1. The third-order valence-corrected chi connectivity index (χ3v) is 3.84. The van der Waals surface area contributed by atoms with Crippen molar-refractivity contribution in [1.29, 1.82) is 0 Å². The first-order chi connectivity index (χ1) is 9.19. The summed E-state index contributed by atoms with van der Waals surface area (Å²) < 4.78 is 5.28. The monoisotopic (exact) mass is 262 g/mol. The first-order valence-electron chi connectivity index (χ1n) is 6.92. The predicted molar refractivity (Wildman–Crippen MR) is 76.4 cm³/mol. The van der Waals surface area contributed by atoms with Crippen molar-refractivity contribution in [2.75, 3.05) is 19.4 Å². The normalized spacial score (nSPS) is 19.3. The molecule has 1 aliphatic rings. The Balaban J connectivity index is 2.30. The lowest BCUT2D eigenvalue weighted by molar-refractivity contribution is 0.0605. The zero-order valence-corrected chi connectivity index (χ0v) is 11.7. The number of piperidine rings is 1. The van der Waals surface area contributed by atoms with Gasteiger partial charge >= 0.3 is 0 Å². The van der Waals surface area contributed by atoms with Gasteiger partial charge < -0.3 is 15.4 Å². The minimum atomic E-state index is 0.0377. The minimum absolute atomic E-state index is 0.0377. The first-order valence-corrected chi connectivity index (χ1v) is 6.92. The molecule has 2 rings (SSSR count). The van der Waals surface area contributed by atoms with E-state index >= 15 is 0 Å². The molecule has 104 valence electrons. The number of rotatable bonds is 3. The predicted octanol–water partition coefficient (Wildman–Crippen LogP) is 2.68. The molecule has 1 aromatic rings. The van der Waals surface area contributed by atoms with Gasteiger partial charge in [0.15, 0.2) is 5.75 Å². The summed E-state index contributed by atoms with van der Waals surface area (Å²) in [5.41, 5.74) is 6.96. The van der Waals surface area contributed by atoms with Crippen LogP contribution < -0.4 is 10.5 Å².